The van der Waals surface area contributed by atoms with Crippen molar-refractivity contribution in [2.45, 2.75) is 0 Å². The maximum Gasteiger partial charge on any atom is 0.0580 e. The van der Waals surface area contributed by atoms with Crippen LogP contribution in [0, 0.1) is 0 Å². The van der Waals surface area contributed by atoms with Gasteiger partial charge in [0, 0.05) is 30.7 Å². The maximum atomic E-state index is 5.64. The SMILES string of the molecule is CN=CC=C(N)c1cn[nH]c1. The normalized spacial score (nSPS) is 12.6. The highest BCUT2D eigenvalue weighted by Gasteiger charge is 1.93. The lowest BCUT2D eigenvalue weighted by atomic mass is 10.2. The Balaban J connectivity index is 2.77. The van der Waals surface area contributed by atoms with Gasteiger partial charge in [0.25, 0.3) is 0 Å². The molecule has 0 aliphatic heterocycles. The molecular weight excluding hydrogens is 140 g/mol. The summed E-state index contributed by atoms with van der Waals surface area (Å²) in [6.45, 7) is 0. The number of rotatable bonds is 2. The number of allylic oxidation sites excluding steroid dienone is 1. The molecule has 4 nitrogen and oxygen atoms in total. The lowest BCUT2D eigenvalue weighted by Gasteiger charge is -1.90. The third kappa shape index (κ3) is 1.93. The van der Waals surface area contributed by atoms with Gasteiger partial charge in [0.1, 0.15) is 0 Å². The Kier molecular flexibility index (Phi) is 2.43. The molecule has 1 aromatic rings. The molecule has 0 aliphatic carbocycles. The van der Waals surface area contributed by atoms with Gasteiger partial charge in [0.2, 0.25) is 0 Å². The quantitative estimate of drug-likeness (QED) is 0.599. The zero-order valence-electron chi connectivity index (χ0n) is 6.28. The fourth-order valence-corrected chi connectivity index (χ4v) is 0.660. The molecule has 11 heavy (non-hydrogen) atoms. The summed E-state index contributed by atoms with van der Waals surface area (Å²) < 4.78 is 0. The second-order valence-corrected chi connectivity index (χ2v) is 2.02. The average molecular weight is 150 g/mol. The second kappa shape index (κ2) is 3.55. The zero-order valence-corrected chi connectivity index (χ0v) is 6.28. The highest BCUT2D eigenvalue weighted by molar-refractivity contribution is 5.82. The minimum Gasteiger partial charge on any atom is -0.398 e. The highest BCUT2D eigenvalue weighted by atomic mass is 15.1. The van der Waals surface area contributed by atoms with Crippen molar-refractivity contribution in [2.75, 3.05) is 7.05 Å². The molecule has 0 spiro atoms. The molecule has 0 amide bonds. The summed E-state index contributed by atoms with van der Waals surface area (Å²) in [4.78, 5) is 3.77. The monoisotopic (exact) mass is 150 g/mol. The largest absolute Gasteiger partial charge is 0.398 e. The van der Waals surface area contributed by atoms with Crippen molar-refractivity contribution in [3.8, 4) is 0 Å². The summed E-state index contributed by atoms with van der Waals surface area (Å²) in [6.07, 6.45) is 6.76. The molecule has 4 heteroatoms. The van der Waals surface area contributed by atoms with Gasteiger partial charge in [-0.25, -0.2) is 0 Å². The summed E-state index contributed by atoms with van der Waals surface area (Å²) >= 11 is 0. The minimum atomic E-state index is 0.657. The van der Waals surface area contributed by atoms with E-state index in [4.69, 9.17) is 5.73 Å². The fourth-order valence-electron chi connectivity index (χ4n) is 0.660. The van der Waals surface area contributed by atoms with Crippen LogP contribution >= 0.6 is 0 Å². The van der Waals surface area contributed by atoms with E-state index in [2.05, 4.69) is 15.2 Å². The first-order valence-corrected chi connectivity index (χ1v) is 3.21. The van der Waals surface area contributed by atoms with Crippen molar-refractivity contribution in [2.24, 2.45) is 10.7 Å². The van der Waals surface area contributed by atoms with Crippen LogP contribution in [-0.2, 0) is 0 Å². The Hall–Kier alpha value is -1.58. The zero-order chi connectivity index (χ0) is 8.10. The molecule has 0 aromatic carbocycles. The van der Waals surface area contributed by atoms with Crippen LogP contribution in [0.5, 0.6) is 0 Å². The minimum absolute atomic E-state index is 0.657. The molecule has 1 rings (SSSR count). The molecule has 0 aliphatic rings. The van der Waals surface area contributed by atoms with Crippen LogP contribution in [0.2, 0.25) is 0 Å². The number of nitrogens with one attached hydrogen (secondary N) is 1. The van der Waals surface area contributed by atoms with Gasteiger partial charge >= 0.3 is 0 Å². The molecule has 0 saturated carbocycles. The predicted molar refractivity (Wildman–Crippen MR) is 45.2 cm³/mol. The Bertz CT molecular complexity index is 258. The van der Waals surface area contributed by atoms with E-state index < -0.39 is 0 Å². The number of hydrogen-bond donors (Lipinski definition) is 2. The number of aromatic nitrogens is 2. The van der Waals surface area contributed by atoms with Gasteiger partial charge in [-0.15, -0.1) is 0 Å². The molecule has 1 aromatic heterocycles. The van der Waals surface area contributed by atoms with E-state index in [1.165, 1.54) is 0 Å². The van der Waals surface area contributed by atoms with Crippen LogP contribution in [0.3, 0.4) is 0 Å². The third-order valence-corrected chi connectivity index (χ3v) is 1.23. The Morgan fingerprint density at radius 2 is 2.64 bits per heavy atom. The topological polar surface area (TPSA) is 67.1 Å². The summed E-state index contributed by atoms with van der Waals surface area (Å²) in [5.41, 5.74) is 7.17. The lowest BCUT2D eigenvalue weighted by molar-refractivity contribution is 1.09. The summed E-state index contributed by atoms with van der Waals surface area (Å²) in [7, 11) is 1.69. The van der Waals surface area contributed by atoms with Crippen LogP contribution in [-0.4, -0.2) is 23.5 Å². The molecular formula is C7H10N4. The van der Waals surface area contributed by atoms with Crippen LogP contribution in [0.25, 0.3) is 5.70 Å². The van der Waals surface area contributed by atoms with Crippen LogP contribution < -0.4 is 5.73 Å². The van der Waals surface area contributed by atoms with E-state index in [1.807, 2.05) is 0 Å². The van der Waals surface area contributed by atoms with Gasteiger partial charge < -0.3 is 5.73 Å². The molecule has 0 atom stereocenters. The fraction of sp³-hybridized carbons (Fsp3) is 0.143. The smallest absolute Gasteiger partial charge is 0.0580 e. The molecule has 58 valence electrons. The number of nitrogens with zero attached hydrogens (tertiary/aromatic N) is 2. The van der Waals surface area contributed by atoms with E-state index in [-0.39, 0.29) is 0 Å². The average Bonchev–Trinajstić information content (AvgIpc) is 2.52. The third-order valence-electron chi connectivity index (χ3n) is 1.23. The molecule has 0 unspecified atom stereocenters. The van der Waals surface area contributed by atoms with Crippen molar-refractivity contribution in [1.82, 2.24) is 10.2 Å². The molecule has 1 heterocycles. The van der Waals surface area contributed by atoms with E-state index in [1.54, 1.807) is 31.7 Å². The molecule has 0 radical (unpaired) electrons. The van der Waals surface area contributed by atoms with Crippen molar-refractivity contribution in [1.29, 1.82) is 0 Å². The predicted octanol–water partition coefficient (Wildman–Crippen LogP) is 0.410. The number of nitrogens with two attached hydrogens (primary N) is 1. The Morgan fingerprint density at radius 1 is 1.82 bits per heavy atom. The van der Waals surface area contributed by atoms with Gasteiger partial charge in [0.05, 0.1) is 6.20 Å². The van der Waals surface area contributed by atoms with Gasteiger partial charge in [-0.1, -0.05) is 0 Å². The number of aromatic amines is 1. The van der Waals surface area contributed by atoms with Crippen LogP contribution in [0.1, 0.15) is 5.56 Å². The van der Waals surface area contributed by atoms with E-state index in [0.29, 0.717) is 5.70 Å². The summed E-state index contributed by atoms with van der Waals surface area (Å²) in [5, 5.41) is 6.43. The Morgan fingerprint density at radius 3 is 3.18 bits per heavy atom. The Labute approximate surface area is 64.8 Å². The first-order chi connectivity index (χ1) is 5.34. The number of aliphatic imine (C=N–C) groups is 1. The summed E-state index contributed by atoms with van der Waals surface area (Å²) in [6, 6.07) is 0. The van der Waals surface area contributed by atoms with Crippen LogP contribution in [0.4, 0.5) is 0 Å². The van der Waals surface area contributed by atoms with Crippen molar-refractivity contribution < 1.29 is 0 Å². The van der Waals surface area contributed by atoms with Crippen molar-refractivity contribution >= 4 is 11.9 Å². The molecule has 0 saturated heterocycles. The van der Waals surface area contributed by atoms with Gasteiger partial charge in [-0.05, 0) is 6.08 Å². The first kappa shape index (κ1) is 7.53. The van der Waals surface area contributed by atoms with Crippen molar-refractivity contribution in [3.63, 3.8) is 0 Å². The van der Waals surface area contributed by atoms with E-state index in [0.717, 1.165) is 5.56 Å². The van der Waals surface area contributed by atoms with Crippen LogP contribution in [0.15, 0.2) is 23.5 Å². The highest BCUT2D eigenvalue weighted by Crippen LogP contribution is 2.02. The van der Waals surface area contributed by atoms with Gasteiger partial charge in [-0.2, -0.15) is 5.10 Å². The second-order valence-electron chi connectivity index (χ2n) is 2.02. The number of hydrogen-bond acceptors (Lipinski definition) is 3. The van der Waals surface area contributed by atoms with E-state index in [9.17, 15) is 0 Å². The molecule has 0 bridgehead atoms. The van der Waals surface area contributed by atoms with Gasteiger partial charge in [-0.3, -0.25) is 10.1 Å². The van der Waals surface area contributed by atoms with Gasteiger partial charge in [0.15, 0.2) is 0 Å². The number of H-pyrrole nitrogens is 1. The molecule has 0 fully saturated rings. The first-order valence-electron chi connectivity index (χ1n) is 3.21. The lowest BCUT2D eigenvalue weighted by Crippen LogP contribution is -1.94. The maximum absolute atomic E-state index is 5.64. The van der Waals surface area contributed by atoms with Crippen molar-refractivity contribution in [3.05, 3.63) is 24.0 Å². The molecule has 3 N–H and O–H groups in total. The standard InChI is InChI=1S/C7H10N4/c1-9-3-2-7(8)6-4-10-11-5-6/h2-5H,8H2,1H3,(H,10,11). The summed E-state index contributed by atoms with van der Waals surface area (Å²) in [5.74, 6) is 0. The van der Waals surface area contributed by atoms with E-state index >= 15 is 0 Å².